The highest BCUT2D eigenvalue weighted by Crippen LogP contribution is 2.28. The number of nitrogens with two attached hydrogens (primary N) is 1. The second kappa shape index (κ2) is 8.81. The van der Waals surface area contributed by atoms with E-state index < -0.39 is 0 Å². The van der Waals surface area contributed by atoms with Gasteiger partial charge in [-0.25, -0.2) is 0 Å². The van der Waals surface area contributed by atoms with Gasteiger partial charge >= 0.3 is 0 Å². The van der Waals surface area contributed by atoms with E-state index in [1.165, 1.54) is 12.1 Å². The molecule has 0 aromatic heterocycles. The van der Waals surface area contributed by atoms with Gasteiger partial charge in [-0.2, -0.15) is 10.4 Å². The summed E-state index contributed by atoms with van der Waals surface area (Å²) < 4.78 is 5.70. The summed E-state index contributed by atoms with van der Waals surface area (Å²) in [4.78, 5) is 6.80. The second-order valence-corrected chi connectivity index (χ2v) is 7.13. The molecule has 0 saturated carbocycles. The highest BCUT2D eigenvalue weighted by molar-refractivity contribution is 6.38. The van der Waals surface area contributed by atoms with Crippen LogP contribution in [0.1, 0.15) is 36.8 Å². The van der Waals surface area contributed by atoms with E-state index in [-0.39, 0.29) is 6.10 Å². The smallest absolute Gasteiger partial charge is 0.108 e. The largest absolute Gasteiger partial charge is 0.376 e. The van der Waals surface area contributed by atoms with Crippen molar-refractivity contribution in [2.45, 2.75) is 38.7 Å². The average Bonchev–Trinajstić information content (AvgIpc) is 2.63. The van der Waals surface area contributed by atoms with Crippen molar-refractivity contribution in [2.24, 2.45) is 21.9 Å². The van der Waals surface area contributed by atoms with Crippen LogP contribution in [0.4, 0.5) is 5.69 Å². The molecule has 2 saturated heterocycles. The predicted molar refractivity (Wildman–Crippen MR) is 105 cm³/mol. The molecule has 138 valence electrons. The maximum absolute atomic E-state index is 8.77. The fraction of sp³-hybridized carbons (Fsp3) is 0.550. The first kappa shape index (κ1) is 18.4. The van der Waals surface area contributed by atoms with Crippen LogP contribution in [0.5, 0.6) is 0 Å². The minimum absolute atomic E-state index is 0.218. The monoisotopic (exact) mass is 353 g/mol. The van der Waals surface area contributed by atoms with Gasteiger partial charge in [-0.3, -0.25) is 4.99 Å². The molecule has 1 unspecified atom stereocenters. The van der Waals surface area contributed by atoms with Gasteiger partial charge in [0, 0.05) is 49.5 Å². The number of hydrogen-bond donors (Lipinski definition) is 1. The Balaban J connectivity index is 1.61. The Morgan fingerprint density at radius 3 is 2.92 bits per heavy atom. The second-order valence-electron chi connectivity index (χ2n) is 7.13. The summed E-state index contributed by atoms with van der Waals surface area (Å²) in [5.41, 5.74) is 4.00. The van der Waals surface area contributed by atoms with Gasteiger partial charge in [-0.05, 0) is 43.9 Å². The van der Waals surface area contributed by atoms with Gasteiger partial charge in [-0.15, -0.1) is 0 Å². The molecule has 2 N–H and O–H groups in total. The van der Waals surface area contributed by atoms with Crippen molar-refractivity contribution >= 4 is 17.6 Å². The first-order valence-corrected chi connectivity index (χ1v) is 9.33. The number of nitrogens with zero attached hydrogens (tertiary/aromatic N) is 4. The number of ether oxygens (including phenoxy) is 1. The van der Waals surface area contributed by atoms with Gasteiger partial charge in [0.1, 0.15) is 5.71 Å². The van der Waals surface area contributed by atoms with E-state index in [0.717, 1.165) is 43.7 Å². The minimum atomic E-state index is 0.218. The quantitative estimate of drug-likeness (QED) is 0.484. The van der Waals surface area contributed by atoms with Gasteiger partial charge in [0.2, 0.25) is 0 Å². The molecule has 0 bridgehead atoms. The van der Waals surface area contributed by atoms with Crippen molar-refractivity contribution in [1.29, 1.82) is 5.26 Å². The van der Waals surface area contributed by atoms with Crippen LogP contribution < -0.4 is 10.7 Å². The lowest BCUT2D eigenvalue weighted by atomic mass is 9.95. The van der Waals surface area contributed by atoms with E-state index in [4.69, 9.17) is 15.8 Å². The molecular weight excluding hydrogens is 326 g/mol. The molecule has 1 aromatic rings. The fourth-order valence-electron chi connectivity index (χ4n) is 3.55. The molecule has 0 spiro atoms. The first-order chi connectivity index (χ1) is 12.7. The Labute approximate surface area is 155 Å². The third-order valence-corrected chi connectivity index (χ3v) is 5.12. The Morgan fingerprint density at radius 1 is 1.42 bits per heavy atom. The SMILES string of the molecule is Cc1cc(N2CC(CC#N)C2)ccc1/C(C=NCC1CCCCO1)=N/N. The van der Waals surface area contributed by atoms with E-state index in [1.54, 1.807) is 6.21 Å². The number of nitriles is 1. The summed E-state index contributed by atoms with van der Waals surface area (Å²) in [6, 6.07) is 8.55. The summed E-state index contributed by atoms with van der Waals surface area (Å²) in [7, 11) is 0. The molecule has 2 aliphatic heterocycles. The van der Waals surface area contributed by atoms with Crippen LogP contribution in [0.3, 0.4) is 0 Å². The summed E-state index contributed by atoms with van der Waals surface area (Å²) in [5.74, 6) is 6.10. The van der Waals surface area contributed by atoms with Crippen molar-refractivity contribution < 1.29 is 4.74 Å². The van der Waals surface area contributed by atoms with Gasteiger partial charge in [0.25, 0.3) is 0 Å². The molecule has 6 heteroatoms. The maximum atomic E-state index is 8.77. The molecule has 2 aliphatic rings. The number of hydrazone groups is 1. The Morgan fingerprint density at radius 2 is 2.27 bits per heavy atom. The van der Waals surface area contributed by atoms with Crippen LogP contribution in [0.25, 0.3) is 0 Å². The average molecular weight is 353 g/mol. The van der Waals surface area contributed by atoms with Crippen LogP contribution in [0.2, 0.25) is 0 Å². The molecule has 26 heavy (non-hydrogen) atoms. The van der Waals surface area contributed by atoms with Crippen molar-refractivity contribution in [1.82, 2.24) is 0 Å². The number of aryl methyl sites for hydroxylation is 1. The Bertz CT molecular complexity index is 709. The Hall–Kier alpha value is -2.39. The number of hydrogen-bond acceptors (Lipinski definition) is 6. The maximum Gasteiger partial charge on any atom is 0.108 e. The zero-order valence-electron chi connectivity index (χ0n) is 15.4. The summed E-state index contributed by atoms with van der Waals surface area (Å²) in [5, 5.41) is 12.7. The van der Waals surface area contributed by atoms with Crippen LogP contribution in [0.15, 0.2) is 28.3 Å². The van der Waals surface area contributed by atoms with Crippen LogP contribution in [0, 0.1) is 24.2 Å². The van der Waals surface area contributed by atoms with E-state index in [0.29, 0.717) is 24.6 Å². The summed E-state index contributed by atoms with van der Waals surface area (Å²) in [6.45, 7) is 5.46. The van der Waals surface area contributed by atoms with Gasteiger partial charge in [0.15, 0.2) is 0 Å². The van der Waals surface area contributed by atoms with Crippen molar-refractivity contribution in [3.63, 3.8) is 0 Å². The van der Waals surface area contributed by atoms with E-state index in [1.807, 2.05) is 0 Å². The van der Waals surface area contributed by atoms with Crippen LogP contribution >= 0.6 is 0 Å². The molecule has 1 aromatic carbocycles. The van der Waals surface area contributed by atoms with E-state index in [2.05, 4.69) is 46.2 Å². The topological polar surface area (TPSA) is 87.0 Å². The third kappa shape index (κ3) is 4.41. The zero-order chi connectivity index (χ0) is 18.4. The molecule has 2 fully saturated rings. The molecular formula is C20H27N5O. The van der Waals surface area contributed by atoms with Gasteiger partial charge < -0.3 is 15.5 Å². The zero-order valence-corrected chi connectivity index (χ0v) is 15.4. The van der Waals surface area contributed by atoms with Crippen LogP contribution in [-0.2, 0) is 4.74 Å². The number of rotatable bonds is 6. The summed E-state index contributed by atoms with van der Waals surface area (Å²) >= 11 is 0. The molecule has 0 radical (unpaired) electrons. The lowest BCUT2D eigenvalue weighted by Gasteiger charge is -2.40. The van der Waals surface area contributed by atoms with E-state index >= 15 is 0 Å². The molecule has 0 amide bonds. The first-order valence-electron chi connectivity index (χ1n) is 9.33. The predicted octanol–water partition coefficient (Wildman–Crippen LogP) is 2.65. The molecule has 2 heterocycles. The molecule has 6 nitrogen and oxygen atoms in total. The molecule has 3 rings (SSSR count). The standard InChI is InChI=1S/C20H27N5O/c1-15-10-17(25-13-16(14-25)7-8-21)5-6-19(15)20(24-22)12-23-11-18-4-2-3-9-26-18/h5-6,10,12,16,18H,2-4,7,9,11,13-14,22H2,1H3/b23-12?,24-20+. The highest BCUT2D eigenvalue weighted by atomic mass is 16.5. The van der Waals surface area contributed by atoms with Crippen LogP contribution in [-0.4, -0.2) is 44.3 Å². The minimum Gasteiger partial charge on any atom is -0.376 e. The number of aliphatic imine (C=N–C) groups is 1. The van der Waals surface area contributed by atoms with Crippen molar-refractivity contribution in [2.75, 3.05) is 31.1 Å². The number of anilines is 1. The lowest BCUT2D eigenvalue weighted by Crippen LogP contribution is -2.46. The highest BCUT2D eigenvalue weighted by Gasteiger charge is 2.26. The number of benzene rings is 1. The van der Waals surface area contributed by atoms with Gasteiger partial charge in [-0.1, -0.05) is 6.07 Å². The fourth-order valence-corrected chi connectivity index (χ4v) is 3.55. The van der Waals surface area contributed by atoms with Crippen molar-refractivity contribution in [3.8, 4) is 6.07 Å². The van der Waals surface area contributed by atoms with E-state index in [9.17, 15) is 0 Å². The normalized spacial score (nSPS) is 21.6. The van der Waals surface area contributed by atoms with Crippen molar-refractivity contribution in [3.05, 3.63) is 29.3 Å². The molecule has 1 atom stereocenters. The summed E-state index contributed by atoms with van der Waals surface area (Å²) in [6.07, 6.45) is 6.05. The lowest BCUT2D eigenvalue weighted by molar-refractivity contribution is 0.0226. The third-order valence-electron chi connectivity index (χ3n) is 5.12. The Kier molecular flexibility index (Phi) is 6.24. The molecule has 0 aliphatic carbocycles. The van der Waals surface area contributed by atoms with Gasteiger partial charge in [0.05, 0.1) is 18.7 Å².